The second-order valence-corrected chi connectivity index (χ2v) is 15.4. The normalized spacial score (nSPS) is 15.3. The van der Waals surface area contributed by atoms with E-state index in [9.17, 15) is 34.8 Å². The van der Waals surface area contributed by atoms with Crippen LogP contribution in [0.1, 0.15) is 50.3 Å². The molecule has 0 spiro atoms. The van der Waals surface area contributed by atoms with Gasteiger partial charge in [0.05, 0.1) is 22.0 Å². The lowest BCUT2D eigenvalue weighted by Gasteiger charge is -2.23. The maximum atomic E-state index is 13.7. The van der Waals surface area contributed by atoms with Crippen LogP contribution >= 0.6 is 0 Å². The topological polar surface area (TPSA) is 122 Å². The van der Waals surface area contributed by atoms with Crippen molar-refractivity contribution in [3.05, 3.63) is 77.0 Å². The van der Waals surface area contributed by atoms with E-state index in [1.54, 1.807) is 25.1 Å². The summed E-state index contributed by atoms with van der Waals surface area (Å²) in [6.45, 7) is 7.27. The van der Waals surface area contributed by atoms with E-state index in [0.29, 0.717) is 44.2 Å². The summed E-state index contributed by atoms with van der Waals surface area (Å²) >= 11 is 0. The van der Waals surface area contributed by atoms with Gasteiger partial charge in [-0.25, -0.2) is 21.6 Å². The highest BCUT2D eigenvalue weighted by atomic mass is 32.2. The van der Waals surface area contributed by atoms with Crippen LogP contribution in [0.25, 0.3) is 12.2 Å². The van der Waals surface area contributed by atoms with Crippen molar-refractivity contribution in [2.75, 3.05) is 38.7 Å². The molecular formula is C31H42F3N3O6S2. The molecular weight excluding hydrogens is 631 g/mol. The van der Waals surface area contributed by atoms with Gasteiger partial charge in [0.1, 0.15) is 5.60 Å². The molecule has 1 heterocycles. The highest BCUT2D eigenvalue weighted by Gasteiger charge is 2.33. The summed E-state index contributed by atoms with van der Waals surface area (Å²) in [7, 11) is -4.43. The van der Waals surface area contributed by atoms with E-state index >= 15 is 0 Å². The molecule has 3 rings (SSSR count). The number of carbonyl (C=O) groups excluding carboxylic acids is 1. The number of rotatable bonds is 11. The predicted molar refractivity (Wildman–Crippen MR) is 170 cm³/mol. The number of hydrogen-bond donors (Lipinski definition) is 2. The Bertz CT molecular complexity index is 1530. The zero-order valence-electron chi connectivity index (χ0n) is 26.1. The average molecular weight is 674 g/mol. The molecule has 2 N–H and O–H groups in total. The van der Waals surface area contributed by atoms with Crippen LogP contribution in [-0.2, 0) is 35.6 Å². The Hall–Kier alpha value is -3.20. The molecule has 0 radical (unpaired) electrons. The van der Waals surface area contributed by atoms with E-state index in [-0.39, 0.29) is 16.5 Å². The Balaban J connectivity index is 0.000000900. The van der Waals surface area contributed by atoms with Gasteiger partial charge in [-0.3, -0.25) is 4.79 Å². The lowest BCUT2D eigenvalue weighted by Crippen LogP contribution is -2.43. The van der Waals surface area contributed by atoms with E-state index in [4.69, 9.17) is 0 Å². The molecule has 0 atom stereocenters. The molecule has 45 heavy (non-hydrogen) atoms. The van der Waals surface area contributed by atoms with Gasteiger partial charge in [0.15, 0.2) is 9.84 Å². The van der Waals surface area contributed by atoms with Crippen LogP contribution in [0.2, 0.25) is 0 Å². The summed E-state index contributed by atoms with van der Waals surface area (Å²) in [4.78, 5) is 10.9. The summed E-state index contributed by atoms with van der Waals surface area (Å²) in [5.41, 5.74) is -0.565. The van der Waals surface area contributed by atoms with E-state index in [1.807, 2.05) is 51.1 Å². The van der Waals surface area contributed by atoms with Crippen molar-refractivity contribution in [2.24, 2.45) is 0 Å². The summed E-state index contributed by atoms with van der Waals surface area (Å²) in [6.07, 6.45) is 0.295. The summed E-state index contributed by atoms with van der Waals surface area (Å²) in [5.74, 6) is -0.965. The standard InChI is InChI=1S/C26H32F3N3O4S2.C5H10O2/c1-32(2)23(17-20-7-4-3-5-8-20)19-37(33,34)24-10-11-25(26(27,28)29)21(18-24)9-6-16-38(35,36)31-22-12-14-30-15-13-22;1-5(2,3)7-4-6/h3-11,17-18,22,30-31H,12-16,19H2,1-2H3;4H,1-3H3. The van der Waals surface area contributed by atoms with Crippen LogP contribution in [0.3, 0.4) is 0 Å². The molecule has 0 aliphatic carbocycles. The van der Waals surface area contributed by atoms with Crippen molar-refractivity contribution in [1.29, 1.82) is 0 Å². The molecule has 0 saturated carbocycles. The van der Waals surface area contributed by atoms with Crippen LogP contribution in [0, 0.1) is 0 Å². The first-order valence-corrected chi connectivity index (χ1v) is 17.5. The largest absolute Gasteiger partial charge is 0.462 e. The van der Waals surface area contributed by atoms with Crippen molar-refractivity contribution in [1.82, 2.24) is 14.9 Å². The Morgan fingerprint density at radius 2 is 1.64 bits per heavy atom. The van der Waals surface area contributed by atoms with Gasteiger partial charge in [-0.2, -0.15) is 13.2 Å². The van der Waals surface area contributed by atoms with Crippen LogP contribution < -0.4 is 10.0 Å². The second kappa shape index (κ2) is 16.4. The van der Waals surface area contributed by atoms with E-state index in [1.165, 1.54) is 0 Å². The molecule has 1 fully saturated rings. The molecule has 1 aliphatic heterocycles. The predicted octanol–water partition coefficient (Wildman–Crippen LogP) is 4.72. The first-order valence-electron chi connectivity index (χ1n) is 14.2. The van der Waals surface area contributed by atoms with Crippen LogP contribution in [0.5, 0.6) is 0 Å². The van der Waals surface area contributed by atoms with Crippen LogP contribution in [0.4, 0.5) is 13.2 Å². The highest BCUT2D eigenvalue weighted by molar-refractivity contribution is 7.91. The smallest absolute Gasteiger partial charge is 0.416 e. The Morgan fingerprint density at radius 3 is 2.16 bits per heavy atom. The van der Waals surface area contributed by atoms with Crippen LogP contribution in [-0.4, -0.2) is 78.5 Å². The maximum Gasteiger partial charge on any atom is 0.416 e. The molecule has 0 bridgehead atoms. The Morgan fingerprint density at radius 1 is 1.02 bits per heavy atom. The number of sulfone groups is 1. The van der Waals surface area contributed by atoms with Gasteiger partial charge in [0.25, 0.3) is 6.47 Å². The summed E-state index contributed by atoms with van der Waals surface area (Å²) in [6, 6.07) is 11.4. The molecule has 2 aromatic rings. The fourth-order valence-corrected chi connectivity index (χ4v) is 6.81. The van der Waals surface area contributed by atoms with Gasteiger partial charge in [-0.05, 0) is 82.1 Å². The monoisotopic (exact) mass is 673 g/mol. The first kappa shape index (κ1) is 38.0. The third kappa shape index (κ3) is 13.8. The maximum absolute atomic E-state index is 13.7. The number of hydrogen-bond acceptors (Lipinski definition) is 8. The van der Waals surface area contributed by atoms with Crippen molar-refractivity contribution in [2.45, 2.75) is 56.3 Å². The molecule has 0 amide bonds. The molecule has 2 aromatic carbocycles. The third-order valence-electron chi connectivity index (χ3n) is 6.43. The number of halogens is 3. The van der Waals surface area contributed by atoms with Crippen LogP contribution in [0.15, 0.2) is 65.2 Å². The molecule has 9 nitrogen and oxygen atoms in total. The highest BCUT2D eigenvalue weighted by Crippen LogP contribution is 2.34. The second-order valence-electron chi connectivity index (χ2n) is 11.6. The SMILES string of the molecule is CC(C)(C)OC=O.CN(C)C(=Cc1ccccc1)CS(=O)(=O)c1ccc(C(F)(F)F)c(C=CCS(=O)(=O)NC2CCNCC2)c1. The van der Waals surface area contributed by atoms with Crippen molar-refractivity contribution in [3.8, 4) is 0 Å². The third-order valence-corrected chi connectivity index (χ3v) is 9.40. The minimum Gasteiger partial charge on any atom is -0.462 e. The van der Waals surface area contributed by atoms with Gasteiger partial charge in [0.2, 0.25) is 10.0 Å². The summed E-state index contributed by atoms with van der Waals surface area (Å²) in [5, 5.41) is 3.12. The molecule has 1 saturated heterocycles. The van der Waals surface area contributed by atoms with Gasteiger partial charge in [-0.15, -0.1) is 0 Å². The fourth-order valence-electron chi connectivity index (χ4n) is 4.14. The summed E-state index contributed by atoms with van der Waals surface area (Å²) < 4.78 is 99.4. The van der Waals surface area contributed by atoms with E-state index in [2.05, 4.69) is 14.8 Å². The number of ether oxygens (including phenoxy) is 1. The first-order chi connectivity index (χ1) is 20.8. The quantitative estimate of drug-likeness (QED) is 0.329. The van der Waals surface area contributed by atoms with Gasteiger partial charge in [-0.1, -0.05) is 42.5 Å². The lowest BCUT2D eigenvalue weighted by molar-refractivity contribution is -0.139. The number of carbonyl (C=O) groups is 1. The van der Waals surface area contributed by atoms with E-state index < -0.39 is 48.7 Å². The molecule has 0 aromatic heterocycles. The van der Waals surface area contributed by atoms with Crippen molar-refractivity contribution in [3.63, 3.8) is 0 Å². The van der Waals surface area contributed by atoms with Gasteiger partial charge in [0, 0.05) is 25.8 Å². The number of benzene rings is 2. The molecule has 250 valence electrons. The molecule has 0 unspecified atom stereocenters. The number of piperidine rings is 1. The zero-order valence-corrected chi connectivity index (χ0v) is 27.7. The number of sulfonamides is 1. The Kier molecular flexibility index (Phi) is 13.8. The van der Waals surface area contributed by atoms with Gasteiger partial charge < -0.3 is 15.0 Å². The molecule has 14 heteroatoms. The fraction of sp³-hybridized carbons (Fsp3) is 0.452. The zero-order chi connectivity index (χ0) is 33.9. The Labute approximate surface area is 264 Å². The lowest BCUT2D eigenvalue weighted by atomic mass is 10.1. The van der Waals surface area contributed by atoms with Gasteiger partial charge >= 0.3 is 6.18 Å². The minimum absolute atomic E-state index is 0.233. The number of alkyl halides is 3. The van der Waals surface area contributed by atoms with E-state index in [0.717, 1.165) is 29.8 Å². The minimum atomic E-state index is -4.75. The molecule has 1 aliphatic rings. The van der Waals surface area contributed by atoms with Crippen molar-refractivity contribution >= 4 is 38.5 Å². The number of nitrogens with one attached hydrogen (secondary N) is 2. The van der Waals surface area contributed by atoms with Crippen molar-refractivity contribution < 1.29 is 39.5 Å². The average Bonchev–Trinajstić information content (AvgIpc) is 2.92. The number of nitrogens with zero attached hydrogens (tertiary/aromatic N) is 1.